The highest BCUT2D eigenvalue weighted by Crippen LogP contribution is 2.31. The van der Waals surface area contributed by atoms with Gasteiger partial charge in [0.05, 0.1) is 18.4 Å². The van der Waals surface area contributed by atoms with Crippen LogP contribution >= 0.6 is 0 Å². The lowest BCUT2D eigenvalue weighted by Crippen LogP contribution is -2.15. The summed E-state index contributed by atoms with van der Waals surface area (Å²) in [4.78, 5) is 17.0. The Morgan fingerprint density at radius 1 is 1.07 bits per heavy atom. The zero-order valence-electron chi connectivity index (χ0n) is 15.6. The molecule has 3 aromatic rings. The lowest BCUT2D eigenvalue weighted by atomic mass is 10.1. The van der Waals surface area contributed by atoms with E-state index < -0.39 is 0 Å². The molecule has 0 atom stereocenters. The van der Waals surface area contributed by atoms with Gasteiger partial charge in [-0.1, -0.05) is 11.2 Å². The summed E-state index contributed by atoms with van der Waals surface area (Å²) in [6.07, 6.45) is 1.42. The van der Waals surface area contributed by atoms with Gasteiger partial charge in [0.15, 0.2) is 11.6 Å². The van der Waals surface area contributed by atoms with E-state index in [2.05, 4.69) is 35.7 Å². The maximum absolute atomic E-state index is 8.95. The molecule has 1 aromatic carbocycles. The van der Waals surface area contributed by atoms with Gasteiger partial charge < -0.3 is 26.3 Å². The summed E-state index contributed by atoms with van der Waals surface area (Å²) in [7, 11) is 1.50. The van der Waals surface area contributed by atoms with Crippen LogP contribution in [0.15, 0.2) is 41.8 Å². The topological polar surface area (TPSA) is 143 Å². The molecule has 0 amide bonds. The van der Waals surface area contributed by atoms with Gasteiger partial charge in [-0.25, -0.2) is 19.9 Å². The third-order valence-corrected chi connectivity index (χ3v) is 3.75. The molecule has 2 aromatic heterocycles. The summed E-state index contributed by atoms with van der Waals surface area (Å²) in [5.41, 5.74) is 7.62. The lowest BCUT2D eigenvalue weighted by Gasteiger charge is -2.14. The highest BCUT2D eigenvalue weighted by atomic mass is 16.5. The molecule has 0 aliphatic carbocycles. The van der Waals surface area contributed by atoms with Crippen molar-refractivity contribution >= 4 is 29.0 Å². The van der Waals surface area contributed by atoms with Crippen LogP contribution in [-0.2, 0) is 0 Å². The first-order valence-electron chi connectivity index (χ1n) is 8.33. The molecule has 10 heteroatoms. The molecule has 2 heterocycles. The number of hydrogen-bond acceptors (Lipinski definition) is 9. The van der Waals surface area contributed by atoms with Crippen molar-refractivity contribution in [3.8, 4) is 5.75 Å². The van der Waals surface area contributed by atoms with Crippen molar-refractivity contribution in [2.75, 3.05) is 17.7 Å². The minimum Gasteiger partial charge on any atom is -0.494 e. The van der Waals surface area contributed by atoms with Crippen LogP contribution in [0.4, 0.5) is 23.1 Å². The quantitative estimate of drug-likeness (QED) is 0.219. The number of amidine groups is 1. The van der Waals surface area contributed by atoms with Crippen molar-refractivity contribution < 1.29 is 9.94 Å². The van der Waals surface area contributed by atoms with E-state index in [1.54, 1.807) is 24.3 Å². The van der Waals surface area contributed by atoms with Crippen LogP contribution in [0, 0.1) is 13.8 Å². The number of aryl methyl sites for hydroxylation is 2. The van der Waals surface area contributed by atoms with Crippen molar-refractivity contribution in [3.63, 3.8) is 0 Å². The van der Waals surface area contributed by atoms with E-state index in [1.807, 2.05) is 19.9 Å². The Labute approximate surface area is 161 Å². The fourth-order valence-corrected chi connectivity index (χ4v) is 2.66. The Bertz CT molecular complexity index is 1000. The number of anilines is 4. The SMILES string of the molecule is COc1c(Nc2cc(Nc3cc(C)nc(C)n3)ncn2)cccc1C(N)=NO. The van der Waals surface area contributed by atoms with Crippen molar-refractivity contribution in [3.05, 3.63) is 53.7 Å². The Balaban J connectivity index is 1.87. The predicted molar refractivity (Wildman–Crippen MR) is 106 cm³/mol. The highest BCUT2D eigenvalue weighted by Gasteiger charge is 2.13. The number of nitrogens with one attached hydrogen (secondary N) is 2. The number of rotatable bonds is 6. The van der Waals surface area contributed by atoms with Gasteiger partial charge in [-0.2, -0.15) is 0 Å². The van der Waals surface area contributed by atoms with Crippen LogP contribution in [0.1, 0.15) is 17.1 Å². The van der Waals surface area contributed by atoms with Gasteiger partial charge in [0.1, 0.15) is 29.6 Å². The number of oxime groups is 1. The molecule has 28 heavy (non-hydrogen) atoms. The average molecular weight is 380 g/mol. The van der Waals surface area contributed by atoms with Crippen LogP contribution in [-0.4, -0.2) is 38.1 Å². The van der Waals surface area contributed by atoms with Crippen molar-refractivity contribution in [1.82, 2.24) is 19.9 Å². The minimum absolute atomic E-state index is 0.0555. The van der Waals surface area contributed by atoms with Crippen molar-refractivity contribution in [2.45, 2.75) is 13.8 Å². The number of hydrogen-bond donors (Lipinski definition) is 4. The van der Waals surface area contributed by atoms with E-state index >= 15 is 0 Å². The molecule has 0 unspecified atom stereocenters. The molecule has 0 saturated carbocycles. The monoisotopic (exact) mass is 380 g/mol. The molecule has 0 aliphatic heterocycles. The van der Waals surface area contributed by atoms with E-state index in [-0.39, 0.29) is 5.84 Å². The average Bonchev–Trinajstić information content (AvgIpc) is 2.66. The molecule has 10 nitrogen and oxygen atoms in total. The molecule has 0 radical (unpaired) electrons. The fourth-order valence-electron chi connectivity index (χ4n) is 2.66. The van der Waals surface area contributed by atoms with Crippen LogP contribution in [0.3, 0.4) is 0 Å². The van der Waals surface area contributed by atoms with E-state index in [0.29, 0.717) is 40.3 Å². The molecular weight excluding hydrogens is 360 g/mol. The summed E-state index contributed by atoms with van der Waals surface area (Å²) >= 11 is 0. The van der Waals surface area contributed by atoms with Gasteiger partial charge in [0.25, 0.3) is 0 Å². The lowest BCUT2D eigenvalue weighted by molar-refractivity contribution is 0.318. The Hall–Kier alpha value is -3.95. The van der Waals surface area contributed by atoms with Gasteiger partial charge in [-0.15, -0.1) is 0 Å². The number of aromatic nitrogens is 4. The third-order valence-electron chi connectivity index (χ3n) is 3.75. The molecule has 0 spiro atoms. The predicted octanol–water partition coefficient (Wildman–Crippen LogP) is 2.47. The van der Waals surface area contributed by atoms with Gasteiger partial charge in [0, 0.05) is 17.8 Å². The largest absolute Gasteiger partial charge is 0.494 e. The van der Waals surface area contributed by atoms with Gasteiger partial charge >= 0.3 is 0 Å². The first-order valence-corrected chi connectivity index (χ1v) is 8.33. The zero-order chi connectivity index (χ0) is 20.1. The number of methoxy groups -OCH3 is 1. The molecule has 0 fully saturated rings. The first-order chi connectivity index (χ1) is 13.5. The second-order valence-electron chi connectivity index (χ2n) is 5.85. The normalized spacial score (nSPS) is 11.2. The van der Waals surface area contributed by atoms with E-state index in [1.165, 1.54) is 13.4 Å². The van der Waals surface area contributed by atoms with Gasteiger partial charge in [0.2, 0.25) is 0 Å². The second kappa shape index (κ2) is 8.16. The fraction of sp³-hybridized carbons (Fsp3) is 0.167. The van der Waals surface area contributed by atoms with Crippen molar-refractivity contribution in [2.24, 2.45) is 10.9 Å². The summed E-state index contributed by atoms with van der Waals surface area (Å²) in [5.74, 6) is 2.75. The standard InChI is InChI=1S/C18H20N8O2/c1-10-7-16(23-11(2)22-10)25-15-8-14(20-9-21-15)24-13-6-4-5-12(17(13)28-3)18(19)26-27/h4-9,27H,1-3H3,(H2,19,26)(H2,20,21,22,23,24,25). The molecule has 0 saturated heterocycles. The second-order valence-corrected chi connectivity index (χ2v) is 5.85. The van der Waals surface area contributed by atoms with Crippen LogP contribution < -0.4 is 21.1 Å². The van der Waals surface area contributed by atoms with Gasteiger partial charge in [-0.05, 0) is 26.0 Å². The maximum Gasteiger partial charge on any atom is 0.173 e. The highest BCUT2D eigenvalue weighted by molar-refractivity contribution is 6.01. The number of ether oxygens (including phenoxy) is 1. The first kappa shape index (κ1) is 18.8. The zero-order valence-corrected chi connectivity index (χ0v) is 15.6. The summed E-state index contributed by atoms with van der Waals surface area (Å²) in [6, 6.07) is 8.78. The number of nitrogens with two attached hydrogens (primary N) is 1. The number of para-hydroxylation sites is 1. The number of nitrogens with zero attached hydrogens (tertiary/aromatic N) is 5. The van der Waals surface area contributed by atoms with Gasteiger partial charge in [-0.3, -0.25) is 0 Å². The van der Waals surface area contributed by atoms with Crippen LogP contribution in [0.5, 0.6) is 5.75 Å². The molecule has 144 valence electrons. The van der Waals surface area contributed by atoms with E-state index in [4.69, 9.17) is 15.7 Å². The van der Waals surface area contributed by atoms with E-state index in [0.717, 1.165) is 5.69 Å². The minimum atomic E-state index is -0.0555. The molecule has 0 aliphatic rings. The van der Waals surface area contributed by atoms with Crippen LogP contribution in [0.2, 0.25) is 0 Å². The Kier molecular flexibility index (Phi) is 5.49. The van der Waals surface area contributed by atoms with E-state index in [9.17, 15) is 0 Å². The smallest absolute Gasteiger partial charge is 0.173 e. The summed E-state index contributed by atoms with van der Waals surface area (Å²) < 4.78 is 5.41. The molecule has 5 N–H and O–H groups in total. The Morgan fingerprint density at radius 2 is 1.82 bits per heavy atom. The number of benzene rings is 1. The third kappa shape index (κ3) is 4.23. The van der Waals surface area contributed by atoms with Crippen molar-refractivity contribution in [1.29, 1.82) is 0 Å². The molecule has 0 bridgehead atoms. The maximum atomic E-state index is 8.95. The Morgan fingerprint density at radius 3 is 2.50 bits per heavy atom. The summed E-state index contributed by atoms with van der Waals surface area (Å²) in [5, 5.41) is 18.3. The molecule has 3 rings (SSSR count). The van der Waals surface area contributed by atoms with Crippen LogP contribution in [0.25, 0.3) is 0 Å². The summed E-state index contributed by atoms with van der Waals surface area (Å²) in [6.45, 7) is 3.72. The molecular formula is C18H20N8O2.